The Morgan fingerprint density at radius 3 is 2.91 bits per heavy atom. The van der Waals surface area contributed by atoms with Gasteiger partial charge in [-0.1, -0.05) is 6.07 Å². The van der Waals surface area contributed by atoms with Crippen molar-refractivity contribution in [3.8, 4) is 5.75 Å². The summed E-state index contributed by atoms with van der Waals surface area (Å²) in [4.78, 5) is 12.0. The molecule has 0 bridgehead atoms. The first kappa shape index (κ1) is 16.1. The SMILES string of the molecule is COc1ccc(CNC(=O)N[C@H]2CCO[C@@H](C3CC3)C2)cc1F. The van der Waals surface area contributed by atoms with Gasteiger partial charge in [0.25, 0.3) is 0 Å². The molecule has 1 saturated carbocycles. The molecular weight excluding hydrogens is 299 g/mol. The van der Waals surface area contributed by atoms with Crippen LogP contribution in [0.4, 0.5) is 9.18 Å². The molecule has 3 rings (SSSR count). The molecule has 0 radical (unpaired) electrons. The highest BCUT2D eigenvalue weighted by Gasteiger charge is 2.36. The maximum atomic E-state index is 13.6. The van der Waals surface area contributed by atoms with E-state index in [0.29, 0.717) is 24.2 Å². The Bertz CT molecular complexity index is 563. The molecule has 1 aromatic carbocycles. The van der Waals surface area contributed by atoms with E-state index >= 15 is 0 Å². The number of halogens is 1. The highest BCUT2D eigenvalue weighted by atomic mass is 19.1. The third-order valence-corrected chi connectivity index (χ3v) is 4.47. The van der Waals surface area contributed by atoms with E-state index in [-0.39, 0.29) is 24.4 Å². The summed E-state index contributed by atoms with van der Waals surface area (Å²) in [5.41, 5.74) is 0.696. The van der Waals surface area contributed by atoms with Gasteiger partial charge in [0.1, 0.15) is 0 Å². The predicted octanol–water partition coefficient (Wildman–Crippen LogP) is 2.59. The minimum absolute atomic E-state index is 0.155. The number of hydrogen-bond acceptors (Lipinski definition) is 3. The van der Waals surface area contributed by atoms with E-state index in [1.807, 2.05) is 0 Å². The van der Waals surface area contributed by atoms with Crippen molar-refractivity contribution in [1.29, 1.82) is 0 Å². The first-order valence-corrected chi connectivity index (χ1v) is 8.14. The van der Waals surface area contributed by atoms with Crippen molar-refractivity contribution < 1.29 is 18.7 Å². The normalized spacial score (nSPS) is 24.1. The van der Waals surface area contributed by atoms with Crippen LogP contribution in [0.3, 0.4) is 0 Å². The van der Waals surface area contributed by atoms with Gasteiger partial charge >= 0.3 is 6.03 Å². The zero-order valence-corrected chi connectivity index (χ0v) is 13.3. The van der Waals surface area contributed by atoms with Crippen molar-refractivity contribution in [2.45, 2.75) is 44.4 Å². The monoisotopic (exact) mass is 322 g/mol. The van der Waals surface area contributed by atoms with Gasteiger partial charge in [-0.05, 0) is 49.3 Å². The molecular formula is C17H23FN2O3. The third kappa shape index (κ3) is 4.34. The highest BCUT2D eigenvalue weighted by molar-refractivity contribution is 5.74. The van der Waals surface area contributed by atoms with E-state index in [4.69, 9.17) is 9.47 Å². The minimum atomic E-state index is -0.427. The van der Waals surface area contributed by atoms with Gasteiger partial charge < -0.3 is 20.1 Å². The van der Waals surface area contributed by atoms with Crippen LogP contribution in [0.25, 0.3) is 0 Å². The Morgan fingerprint density at radius 2 is 2.22 bits per heavy atom. The fourth-order valence-corrected chi connectivity index (χ4v) is 2.99. The second-order valence-electron chi connectivity index (χ2n) is 6.26. The second kappa shape index (κ2) is 7.17. The van der Waals surface area contributed by atoms with Gasteiger partial charge in [0, 0.05) is 19.2 Å². The van der Waals surface area contributed by atoms with Crippen molar-refractivity contribution in [3.05, 3.63) is 29.6 Å². The van der Waals surface area contributed by atoms with E-state index in [2.05, 4.69) is 10.6 Å². The zero-order valence-electron chi connectivity index (χ0n) is 13.3. The van der Waals surface area contributed by atoms with Crippen molar-refractivity contribution >= 4 is 6.03 Å². The number of nitrogens with one attached hydrogen (secondary N) is 2. The topological polar surface area (TPSA) is 59.6 Å². The summed E-state index contributed by atoms with van der Waals surface area (Å²) >= 11 is 0. The van der Waals surface area contributed by atoms with Crippen LogP contribution in [0.5, 0.6) is 5.75 Å². The van der Waals surface area contributed by atoms with Gasteiger partial charge in [0.15, 0.2) is 11.6 Å². The Labute approximate surface area is 135 Å². The van der Waals surface area contributed by atoms with Crippen LogP contribution in [0.2, 0.25) is 0 Å². The Morgan fingerprint density at radius 1 is 1.39 bits per heavy atom. The van der Waals surface area contributed by atoms with Gasteiger partial charge in [-0.3, -0.25) is 0 Å². The number of urea groups is 1. The van der Waals surface area contributed by atoms with Crippen molar-refractivity contribution in [3.63, 3.8) is 0 Å². The first-order chi connectivity index (χ1) is 11.2. The van der Waals surface area contributed by atoms with E-state index in [1.54, 1.807) is 12.1 Å². The number of carbonyl (C=O) groups is 1. The number of rotatable bonds is 5. The van der Waals surface area contributed by atoms with E-state index in [9.17, 15) is 9.18 Å². The molecule has 2 amide bonds. The zero-order chi connectivity index (χ0) is 16.2. The molecule has 1 aliphatic heterocycles. The van der Waals surface area contributed by atoms with Crippen LogP contribution >= 0.6 is 0 Å². The second-order valence-corrected chi connectivity index (χ2v) is 6.26. The Balaban J connectivity index is 1.44. The lowest BCUT2D eigenvalue weighted by molar-refractivity contribution is -0.00914. The number of methoxy groups -OCH3 is 1. The number of benzene rings is 1. The van der Waals surface area contributed by atoms with Crippen LogP contribution in [0.15, 0.2) is 18.2 Å². The molecule has 1 saturated heterocycles. The fraction of sp³-hybridized carbons (Fsp3) is 0.588. The molecule has 2 N–H and O–H groups in total. The molecule has 0 unspecified atom stereocenters. The lowest BCUT2D eigenvalue weighted by atomic mass is 10.0. The van der Waals surface area contributed by atoms with Gasteiger partial charge in [0.05, 0.1) is 13.2 Å². The number of hydrogen-bond donors (Lipinski definition) is 2. The van der Waals surface area contributed by atoms with Crippen molar-refractivity contribution in [2.24, 2.45) is 5.92 Å². The molecule has 2 fully saturated rings. The maximum absolute atomic E-state index is 13.6. The van der Waals surface area contributed by atoms with E-state index in [1.165, 1.54) is 26.0 Å². The first-order valence-electron chi connectivity index (χ1n) is 8.14. The molecule has 1 heterocycles. The summed E-state index contributed by atoms with van der Waals surface area (Å²) in [6.07, 6.45) is 4.51. The third-order valence-electron chi connectivity index (χ3n) is 4.47. The Hall–Kier alpha value is -1.82. The van der Waals surface area contributed by atoms with Gasteiger partial charge in [-0.2, -0.15) is 0 Å². The summed E-state index contributed by atoms with van der Waals surface area (Å²) in [7, 11) is 1.42. The van der Waals surface area contributed by atoms with Crippen molar-refractivity contribution in [1.82, 2.24) is 10.6 Å². The molecule has 1 aromatic rings. The summed E-state index contributed by atoms with van der Waals surface area (Å²) in [6, 6.07) is 4.60. The standard InChI is InChI=1S/C17H23FN2O3/c1-22-15-5-2-11(8-14(15)18)10-19-17(21)20-13-6-7-23-16(9-13)12-3-4-12/h2,5,8,12-13,16H,3-4,6-7,9-10H2,1H3,(H2,19,20,21)/t13-,16+/m0/s1. The molecule has 126 valence electrons. The number of ether oxygens (including phenoxy) is 2. The van der Waals surface area contributed by atoms with E-state index in [0.717, 1.165) is 12.8 Å². The average molecular weight is 322 g/mol. The molecule has 5 nitrogen and oxygen atoms in total. The van der Waals surface area contributed by atoms with Crippen LogP contribution in [0.1, 0.15) is 31.2 Å². The summed E-state index contributed by atoms with van der Waals surface area (Å²) in [5, 5.41) is 5.76. The molecule has 1 aliphatic carbocycles. The largest absolute Gasteiger partial charge is 0.494 e. The molecule has 0 aromatic heterocycles. The quantitative estimate of drug-likeness (QED) is 0.876. The average Bonchev–Trinajstić information content (AvgIpc) is 3.38. The predicted molar refractivity (Wildman–Crippen MR) is 83.8 cm³/mol. The summed E-state index contributed by atoms with van der Waals surface area (Å²) in [6.45, 7) is 0.984. The highest BCUT2D eigenvalue weighted by Crippen LogP contribution is 2.38. The summed E-state index contributed by atoms with van der Waals surface area (Å²) < 4.78 is 24.2. The van der Waals surface area contributed by atoms with E-state index < -0.39 is 5.82 Å². The Kier molecular flexibility index (Phi) is 5.00. The van der Waals surface area contributed by atoms with Crippen LogP contribution in [-0.2, 0) is 11.3 Å². The number of amides is 2. The molecule has 2 aliphatic rings. The molecule has 2 atom stereocenters. The minimum Gasteiger partial charge on any atom is -0.494 e. The molecule has 23 heavy (non-hydrogen) atoms. The van der Waals surface area contributed by atoms with Crippen LogP contribution in [0, 0.1) is 11.7 Å². The van der Waals surface area contributed by atoms with Gasteiger partial charge in [-0.15, -0.1) is 0 Å². The van der Waals surface area contributed by atoms with Gasteiger partial charge in [0.2, 0.25) is 0 Å². The summed E-state index contributed by atoms with van der Waals surface area (Å²) in [5.74, 6) is 0.459. The molecule has 0 spiro atoms. The van der Waals surface area contributed by atoms with Crippen LogP contribution < -0.4 is 15.4 Å². The van der Waals surface area contributed by atoms with Crippen LogP contribution in [-0.4, -0.2) is 31.9 Å². The van der Waals surface area contributed by atoms with Crippen molar-refractivity contribution in [2.75, 3.05) is 13.7 Å². The molecule has 6 heteroatoms. The lowest BCUT2D eigenvalue weighted by Crippen LogP contribution is -2.46. The fourth-order valence-electron chi connectivity index (χ4n) is 2.99. The smallest absolute Gasteiger partial charge is 0.315 e. The van der Waals surface area contributed by atoms with Gasteiger partial charge in [-0.25, -0.2) is 9.18 Å². The maximum Gasteiger partial charge on any atom is 0.315 e. The lowest BCUT2D eigenvalue weighted by Gasteiger charge is -2.30. The number of carbonyl (C=O) groups excluding carboxylic acids is 1.